The molecule has 1 unspecified atom stereocenters. The summed E-state index contributed by atoms with van der Waals surface area (Å²) in [6.07, 6.45) is 0. The summed E-state index contributed by atoms with van der Waals surface area (Å²) >= 11 is 0. The second kappa shape index (κ2) is 8.84. The molecule has 1 atom stereocenters. The van der Waals surface area contributed by atoms with Gasteiger partial charge in [-0.2, -0.15) is 0 Å². The second-order valence-corrected chi connectivity index (χ2v) is 8.37. The van der Waals surface area contributed by atoms with E-state index in [0.29, 0.717) is 25.5 Å². The summed E-state index contributed by atoms with van der Waals surface area (Å²) in [5, 5.41) is 0. The SMILES string of the molecule is COc1ccc(S(=O)(=O)NCC(c2ccc(C)cc2)N2CCOCC2)cc1. The van der Waals surface area contributed by atoms with Crippen LogP contribution in [0.25, 0.3) is 0 Å². The van der Waals surface area contributed by atoms with Gasteiger partial charge < -0.3 is 9.47 Å². The minimum absolute atomic E-state index is 0.0393. The molecule has 7 heteroatoms. The van der Waals surface area contributed by atoms with Gasteiger partial charge in [-0.05, 0) is 36.8 Å². The van der Waals surface area contributed by atoms with Gasteiger partial charge in [-0.25, -0.2) is 13.1 Å². The Bertz CT molecular complexity index is 829. The van der Waals surface area contributed by atoms with E-state index in [9.17, 15) is 8.42 Å². The lowest BCUT2D eigenvalue weighted by Gasteiger charge is -2.35. The fourth-order valence-electron chi connectivity index (χ4n) is 3.16. The van der Waals surface area contributed by atoms with Gasteiger partial charge in [0, 0.05) is 25.7 Å². The Hall–Kier alpha value is -1.93. The molecule has 0 saturated carbocycles. The van der Waals surface area contributed by atoms with E-state index < -0.39 is 10.0 Å². The highest BCUT2D eigenvalue weighted by atomic mass is 32.2. The van der Waals surface area contributed by atoms with E-state index >= 15 is 0 Å². The minimum Gasteiger partial charge on any atom is -0.497 e. The molecule has 0 aromatic heterocycles. The third-order valence-electron chi connectivity index (χ3n) is 4.79. The van der Waals surface area contributed by atoms with Gasteiger partial charge in [0.25, 0.3) is 0 Å². The minimum atomic E-state index is -3.60. The average molecular weight is 391 g/mol. The molecule has 27 heavy (non-hydrogen) atoms. The van der Waals surface area contributed by atoms with E-state index in [1.807, 2.05) is 6.92 Å². The summed E-state index contributed by atoms with van der Waals surface area (Å²) in [7, 11) is -2.05. The number of hydrogen-bond donors (Lipinski definition) is 1. The van der Waals surface area contributed by atoms with E-state index in [2.05, 4.69) is 33.9 Å². The number of hydrogen-bond acceptors (Lipinski definition) is 5. The largest absolute Gasteiger partial charge is 0.497 e. The van der Waals surface area contributed by atoms with Crippen molar-refractivity contribution in [3.05, 3.63) is 59.7 Å². The summed E-state index contributed by atoms with van der Waals surface area (Å²) in [4.78, 5) is 2.50. The molecule has 1 fully saturated rings. The fourth-order valence-corrected chi connectivity index (χ4v) is 4.20. The number of morpholine rings is 1. The maximum Gasteiger partial charge on any atom is 0.240 e. The van der Waals surface area contributed by atoms with Crippen LogP contribution in [-0.2, 0) is 14.8 Å². The van der Waals surface area contributed by atoms with Crippen LogP contribution in [0.5, 0.6) is 5.75 Å². The first-order chi connectivity index (χ1) is 13.0. The lowest BCUT2D eigenvalue weighted by atomic mass is 10.0. The van der Waals surface area contributed by atoms with Crippen molar-refractivity contribution in [1.82, 2.24) is 9.62 Å². The number of ether oxygens (including phenoxy) is 2. The van der Waals surface area contributed by atoms with E-state index in [4.69, 9.17) is 9.47 Å². The molecule has 3 rings (SSSR count). The zero-order chi connectivity index (χ0) is 19.3. The van der Waals surface area contributed by atoms with E-state index in [1.165, 1.54) is 5.56 Å². The van der Waals surface area contributed by atoms with Crippen molar-refractivity contribution in [2.45, 2.75) is 17.9 Å². The first-order valence-electron chi connectivity index (χ1n) is 9.02. The summed E-state index contributed by atoms with van der Waals surface area (Å²) in [5.74, 6) is 0.625. The lowest BCUT2D eigenvalue weighted by molar-refractivity contribution is 0.0172. The van der Waals surface area contributed by atoms with Gasteiger partial charge in [0.05, 0.1) is 25.2 Å². The number of rotatable bonds is 7. The summed E-state index contributed by atoms with van der Waals surface area (Å²) < 4.78 is 38.7. The maximum absolute atomic E-state index is 12.7. The van der Waals surface area contributed by atoms with Crippen LogP contribution < -0.4 is 9.46 Å². The highest BCUT2D eigenvalue weighted by Crippen LogP contribution is 2.23. The average Bonchev–Trinajstić information content (AvgIpc) is 2.70. The molecular formula is C20H26N2O4S. The van der Waals surface area contributed by atoms with Gasteiger partial charge in [-0.15, -0.1) is 0 Å². The Labute approximate surface area is 161 Å². The number of sulfonamides is 1. The van der Waals surface area contributed by atoms with Crippen molar-refractivity contribution in [2.24, 2.45) is 0 Å². The first kappa shape index (κ1) is 19.8. The van der Waals surface area contributed by atoms with E-state index in [0.717, 1.165) is 18.7 Å². The predicted molar refractivity (Wildman–Crippen MR) is 104 cm³/mol. The highest BCUT2D eigenvalue weighted by molar-refractivity contribution is 7.89. The maximum atomic E-state index is 12.7. The Morgan fingerprint density at radius 2 is 1.70 bits per heavy atom. The van der Waals surface area contributed by atoms with Gasteiger partial charge >= 0.3 is 0 Å². The van der Waals surface area contributed by atoms with Crippen LogP contribution in [0.1, 0.15) is 17.2 Å². The summed E-state index contributed by atoms with van der Waals surface area (Å²) in [5.41, 5.74) is 2.28. The van der Waals surface area contributed by atoms with Gasteiger partial charge in [0.2, 0.25) is 10.0 Å². The summed E-state index contributed by atoms with van der Waals surface area (Å²) in [6.45, 7) is 5.23. The molecule has 1 aliphatic rings. The molecule has 2 aromatic carbocycles. The van der Waals surface area contributed by atoms with Crippen LogP contribution in [0.15, 0.2) is 53.4 Å². The third-order valence-corrected chi connectivity index (χ3v) is 6.22. The monoisotopic (exact) mass is 390 g/mol. The molecule has 1 N–H and O–H groups in total. The fraction of sp³-hybridized carbons (Fsp3) is 0.400. The molecule has 0 aliphatic carbocycles. The van der Waals surface area contributed by atoms with Crippen molar-refractivity contribution in [2.75, 3.05) is 40.0 Å². The Morgan fingerprint density at radius 1 is 1.07 bits per heavy atom. The van der Waals surface area contributed by atoms with Gasteiger partial charge in [-0.3, -0.25) is 4.90 Å². The highest BCUT2D eigenvalue weighted by Gasteiger charge is 2.25. The van der Waals surface area contributed by atoms with Crippen LogP contribution in [0.2, 0.25) is 0 Å². The molecular weight excluding hydrogens is 364 g/mol. The number of benzene rings is 2. The van der Waals surface area contributed by atoms with Crippen molar-refractivity contribution < 1.29 is 17.9 Å². The van der Waals surface area contributed by atoms with Gasteiger partial charge in [0.15, 0.2) is 0 Å². The molecule has 1 aliphatic heterocycles. The molecule has 0 spiro atoms. The number of aryl methyl sites for hydroxylation is 1. The number of nitrogens with zero attached hydrogens (tertiary/aromatic N) is 1. The van der Waals surface area contributed by atoms with Crippen LogP contribution in [0.3, 0.4) is 0 Å². The van der Waals surface area contributed by atoms with E-state index in [1.54, 1.807) is 31.4 Å². The van der Waals surface area contributed by atoms with Crippen molar-refractivity contribution >= 4 is 10.0 Å². The first-order valence-corrected chi connectivity index (χ1v) is 10.5. The molecule has 146 valence electrons. The molecule has 0 radical (unpaired) electrons. The van der Waals surface area contributed by atoms with Crippen molar-refractivity contribution in [3.8, 4) is 5.75 Å². The van der Waals surface area contributed by atoms with Crippen LogP contribution in [0, 0.1) is 6.92 Å². The Morgan fingerprint density at radius 3 is 2.30 bits per heavy atom. The van der Waals surface area contributed by atoms with Crippen LogP contribution in [-0.4, -0.2) is 53.3 Å². The molecule has 0 bridgehead atoms. The number of nitrogens with one attached hydrogen (secondary N) is 1. The van der Waals surface area contributed by atoms with Crippen LogP contribution >= 0.6 is 0 Å². The quantitative estimate of drug-likeness (QED) is 0.786. The molecule has 1 saturated heterocycles. The van der Waals surface area contributed by atoms with Crippen molar-refractivity contribution in [1.29, 1.82) is 0 Å². The normalized spacial score (nSPS) is 16.8. The van der Waals surface area contributed by atoms with Gasteiger partial charge in [0.1, 0.15) is 5.75 Å². The summed E-state index contributed by atoms with van der Waals surface area (Å²) in [6, 6.07) is 14.6. The molecule has 0 amide bonds. The zero-order valence-corrected chi connectivity index (χ0v) is 16.5. The van der Waals surface area contributed by atoms with E-state index in [-0.39, 0.29) is 10.9 Å². The number of methoxy groups -OCH3 is 1. The van der Waals surface area contributed by atoms with Gasteiger partial charge in [-0.1, -0.05) is 29.8 Å². The Balaban J connectivity index is 1.77. The topological polar surface area (TPSA) is 67.9 Å². The molecule has 6 nitrogen and oxygen atoms in total. The Kier molecular flexibility index (Phi) is 6.49. The molecule has 2 aromatic rings. The van der Waals surface area contributed by atoms with Crippen LogP contribution in [0.4, 0.5) is 0 Å². The predicted octanol–water partition coefficient (Wildman–Crippen LogP) is 2.36. The van der Waals surface area contributed by atoms with Crippen molar-refractivity contribution in [3.63, 3.8) is 0 Å². The standard InChI is InChI=1S/C20H26N2O4S/c1-16-3-5-17(6-4-16)20(22-11-13-26-14-12-22)15-21-27(23,24)19-9-7-18(25-2)8-10-19/h3-10,20-21H,11-15H2,1-2H3. The lowest BCUT2D eigenvalue weighted by Crippen LogP contribution is -2.43. The zero-order valence-electron chi connectivity index (χ0n) is 15.7. The second-order valence-electron chi connectivity index (χ2n) is 6.60. The third kappa shape index (κ3) is 5.07. The smallest absolute Gasteiger partial charge is 0.240 e. The molecule has 1 heterocycles.